The van der Waals surface area contributed by atoms with Crippen LogP contribution in [-0.4, -0.2) is 95.8 Å². The van der Waals surface area contributed by atoms with Crippen LogP contribution in [0, 0.1) is 32.5 Å². The van der Waals surface area contributed by atoms with Crippen molar-refractivity contribution in [2.24, 2.45) is 32.5 Å². The van der Waals surface area contributed by atoms with Gasteiger partial charge < -0.3 is 28.4 Å². The fraction of sp³-hybridized carbons (Fsp3) is 0.421. The van der Waals surface area contributed by atoms with E-state index >= 15 is 14.4 Å². The van der Waals surface area contributed by atoms with E-state index in [9.17, 15) is 28.8 Å². The summed E-state index contributed by atoms with van der Waals surface area (Å²) in [7, 11) is 7.09. The van der Waals surface area contributed by atoms with Crippen LogP contribution in [0.15, 0.2) is 72.8 Å². The average Bonchev–Trinajstić information content (AvgIpc) is 3.76. The molecule has 372 valence electrons. The van der Waals surface area contributed by atoms with Crippen molar-refractivity contribution in [3.63, 3.8) is 0 Å². The second-order valence-electron chi connectivity index (χ2n) is 20.9. The van der Waals surface area contributed by atoms with Gasteiger partial charge in [-0.25, -0.2) is 0 Å². The largest absolute Gasteiger partial charge is 0.468 e. The topological polar surface area (TPSA) is 209 Å². The fourth-order valence-electron chi connectivity index (χ4n) is 13.9. The summed E-state index contributed by atoms with van der Waals surface area (Å²) in [6, 6.07) is 21.6. The minimum Gasteiger partial charge on any atom is -0.468 e. The van der Waals surface area contributed by atoms with Crippen molar-refractivity contribution in [3.05, 3.63) is 140 Å². The first-order valence-corrected chi connectivity index (χ1v) is 24.0. The van der Waals surface area contributed by atoms with Crippen LogP contribution in [0.4, 0.5) is 0 Å². The molecule has 0 radical (unpaired) electrons. The van der Waals surface area contributed by atoms with Crippen LogP contribution in [0.5, 0.6) is 0 Å². The Kier molecular flexibility index (Phi) is 11.4. The maximum atomic E-state index is 15.9. The van der Waals surface area contributed by atoms with Gasteiger partial charge in [-0.1, -0.05) is 72.8 Å². The smallest absolute Gasteiger partial charge is 0.320 e. The van der Waals surface area contributed by atoms with Crippen LogP contribution in [-0.2, 0) is 149 Å². The van der Waals surface area contributed by atoms with Gasteiger partial charge in [-0.15, -0.1) is 0 Å². The summed E-state index contributed by atoms with van der Waals surface area (Å²) in [5.74, 6) is -7.16. The normalized spacial score (nSPS) is 28.5. The maximum absolute atomic E-state index is 15.9. The highest BCUT2D eigenvalue weighted by atomic mass is 16.5. The molecule has 6 aliphatic carbocycles. The third kappa shape index (κ3) is 6.57. The molecule has 6 bridgehead atoms. The molecule has 4 aromatic rings. The minimum atomic E-state index is -2.08. The molecule has 0 fully saturated rings. The van der Waals surface area contributed by atoms with E-state index < -0.39 is 85.7 Å². The molecule has 2 unspecified atom stereocenters. The lowest BCUT2D eigenvalue weighted by Gasteiger charge is -2.34. The van der Waals surface area contributed by atoms with E-state index in [0.29, 0.717) is 66.8 Å². The van der Waals surface area contributed by atoms with Crippen LogP contribution in [0.1, 0.15) is 66.8 Å². The van der Waals surface area contributed by atoms with Gasteiger partial charge in [0.1, 0.15) is 32.5 Å². The number of methoxy groups -OCH3 is 6. The zero-order valence-corrected chi connectivity index (χ0v) is 41.0. The summed E-state index contributed by atoms with van der Waals surface area (Å²) in [5.41, 5.74) is -4.97. The van der Waals surface area contributed by atoms with Gasteiger partial charge in [0, 0.05) is 0 Å². The zero-order chi connectivity index (χ0) is 51.3. The highest BCUT2D eigenvalue weighted by molar-refractivity contribution is 6.18. The number of hydrogen-bond acceptors (Lipinski definition) is 15. The molecule has 0 N–H and O–H groups in total. The zero-order valence-electron chi connectivity index (χ0n) is 41.0. The molecule has 0 aromatic heterocycles. The van der Waals surface area contributed by atoms with Crippen molar-refractivity contribution >= 4 is 53.2 Å². The summed E-state index contributed by atoms with van der Waals surface area (Å²) in [6.45, 7) is 0. The van der Waals surface area contributed by atoms with Crippen LogP contribution < -0.4 is 0 Å². The van der Waals surface area contributed by atoms with E-state index in [4.69, 9.17) is 28.4 Å². The fourth-order valence-corrected chi connectivity index (χ4v) is 13.9. The number of Topliss-reactive ketones (excluding diaryl/α,β-unsaturated/α-hetero) is 3. The van der Waals surface area contributed by atoms with Gasteiger partial charge in [0.2, 0.25) is 0 Å². The molecule has 6 atom stereocenters. The predicted molar refractivity (Wildman–Crippen MR) is 252 cm³/mol. The van der Waals surface area contributed by atoms with Crippen LogP contribution in [0.2, 0.25) is 0 Å². The second kappa shape index (κ2) is 16.9. The quantitative estimate of drug-likeness (QED) is 0.152. The Labute approximate surface area is 415 Å². The van der Waals surface area contributed by atoms with E-state index in [-0.39, 0.29) is 77.0 Å². The molecule has 72 heavy (non-hydrogen) atoms. The standard InChI is InChI=1S/C57H54O15/c1-67-46(61)52-19-31-11-7-8-12-32(31)20-53(43(52)58,47(62)68-2)24-36-16-40-28-57(51(66)72-6)30-42-18-38-26-55(49(64)70-4)22-34-14-10-9-13-33(34)21-54(44(55)59,48(63)69-3)25-37(38)17-41(42)29-56(45(57)60,50(65)71-5)27-39(40)15-35(36)23-52/h7-18H,19-30H2,1-6H3/t52-,53+,54+,55-,56?,57?. The first-order chi connectivity index (χ1) is 34.4. The van der Waals surface area contributed by atoms with Crippen molar-refractivity contribution in [1.82, 2.24) is 0 Å². The molecule has 0 spiro atoms. The molecule has 15 nitrogen and oxygen atoms in total. The van der Waals surface area contributed by atoms with Gasteiger partial charge >= 0.3 is 35.8 Å². The van der Waals surface area contributed by atoms with Crippen molar-refractivity contribution in [1.29, 1.82) is 0 Å². The first-order valence-electron chi connectivity index (χ1n) is 24.0. The summed E-state index contributed by atoms with van der Waals surface area (Å²) in [5, 5.41) is 0. The van der Waals surface area contributed by atoms with E-state index in [2.05, 4.69) is 0 Å². The van der Waals surface area contributed by atoms with E-state index in [0.717, 1.165) is 14.2 Å². The number of carbonyl (C=O) groups excluding carboxylic acids is 9. The summed E-state index contributed by atoms with van der Waals surface area (Å²) < 4.78 is 32.7. The van der Waals surface area contributed by atoms with E-state index in [1.165, 1.54) is 28.4 Å². The van der Waals surface area contributed by atoms with Crippen molar-refractivity contribution in [3.8, 4) is 0 Å². The van der Waals surface area contributed by atoms with Crippen LogP contribution in [0.25, 0.3) is 0 Å². The Bertz CT molecular complexity index is 2750. The number of carbonyl (C=O) groups is 9. The SMILES string of the molecule is COC(=O)C12Cc3cc4c(cc3CC(C(=O)OC)(Cc3cc5c(cc3C1)C[C@@]1(C(=O)OC)Cc3ccccc3C[C@@](C(=O)OC)(C5)C1=O)C2=O)C[C@@]1(C(=O)OC)Cc2ccccc2C[C@@](C(=O)OC)(C4)C1=O. The molecule has 10 rings (SSSR count). The molecule has 0 amide bonds. The lowest BCUT2D eigenvalue weighted by Crippen LogP contribution is -2.54. The molecule has 15 heteroatoms. The third-order valence-corrected chi connectivity index (χ3v) is 17.3. The molecule has 6 aliphatic rings. The highest BCUT2D eigenvalue weighted by Crippen LogP contribution is 2.55. The molecule has 0 aliphatic heterocycles. The molecule has 0 saturated heterocycles. The Morgan fingerprint density at radius 1 is 0.278 bits per heavy atom. The van der Waals surface area contributed by atoms with Gasteiger partial charge in [-0.2, -0.15) is 0 Å². The van der Waals surface area contributed by atoms with Crippen molar-refractivity contribution in [2.75, 3.05) is 42.7 Å². The van der Waals surface area contributed by atoms with E-state index in [1.54, 1.807) is 48.5 Å². The van der Waals surface area contributed by atoms with Gasteiger partial charge in [0.15, 0.2) is 17.3 Å². The lowest BCUT2D eigenvalue weighted by molar-refractivity contribution is -0.170. The van der Waals surface area contributed by atoms with Crippen LogP contribution >= 0.6 is 0 Å². The number of esters is 6. The van der Waals surface area contributed by atoms with Gasteiger partial charge in [-0.3, -0.25) is 43.2 Å². The first kappa shape index (κ1) is 48.3. The van der Waals surface area contributed by atoms with Gasteiger partial charge in [0.25, 0.3) is 0 Å². The number of ketones is 3. The van der Waals surface area contributed by atoms with E-state index in [1.807, 2.05) is 24.3 Å². The second-order valence-corrected chi connectivity index (χ2v) is 20.9. The molecule has 0 heterocycles. The Hall–Kier alpha value is -7.29. The number of fused-ring (bicyclic) bond motifs is 12. The third-order valence-electron chi connectivity index (χ3n) is 17.3. The number of benzene rings is 4. The Morgan fingerprint density at radius 3 is 0.556 bits per heavy atom. The molecular formula is C57H54O15. The van der Waals surface area contributed by atoms with Crippen LogP contribution in [0.3, 0.4) is 0 Å². The summed E-state index contributed by atoms with van der Waals surface area (Å²) in [6.07, 6.45) is -2.19. The lowest BCUT2D eigenvalue weighted by atomic mass is 9.65. The number of ether oxygens (including phenoxy) is 6. The summed E-state index contributed by atoms with van der Waals surface area (Å²) in [4.78, 5) is 133. The summed E-state index contributed by atoms with van der Waals surface area (Å²) >= 11 is 0. The molecular weight excluding hydrogens is 925 g/mol. The minimum absolute atomic E-state index is 0.0722. The van der Waals surface area contributed by atoms with Gasteiger partial charge in [0.05, 0.1) is 42.7 Å². The predicted octanol–water partition coefficient (Wildman–Crippen LogP) is 4.04. The Balaban J connectivity index is 1.18. The highest BCUT2D eigenvalue weighted by Gasteiger charge is 2.67. The number of hydrogen-bond donors (Lipinski definition) is 0. The number of rotatable bonds is 6. The molecule has 0 saturated carbocycles. The monoisotopic (exact) mass is 978 g/mol. The maximum Gasteiger partial charge on any atom is 0.320 e. The van der Waals surface area contributed by atoms with Crippen molar-refractivity contribution < 1.29 is 71.6 Å². The van der Waals surface area contributed by atoms with Gasteiger partial charge in [-0.05, 0) is 144 Å². The average molecular weight is 979 g/mol. The Morgan fingerprint density at radius 2 is 0.417 bits per heavy atom. The van der Waals surface area contributed by atoms with Crippen molar-refractivity contribution in [2.45, 2.75) is 77.0 Å². The molecule has 4 aromatic carbocycles.